The van der Waals surface area contributed by atoms with E-state index in [4.69, 9.17) is 9.47 Å². The normalized spacial score (nSPS) is 19.1. The van der Waals surface area contributed by atoms with Gasteiger partial charge in [-0.3, -0.25) is 4.79 Å². The predicted octanol–water partition coefficient (Wildman–Crippen LogP) is 4.13. The third kappa shape index (κ3) is 5.31. The SMILES string of the molecule is CC(=O)OCC1CN(C(=O)OCc2ccccc2)CCC1c1ccc(F)cc1. The number of amides is 1. The maximum Gasteiger partial charge on any atom is 0.410 e. The van der Waals surface area contributed by atoms with Crippen LogP contribution in [0.1, 0.15) is 30.4 Å². The van der Waals surface area contributed by atoms with Crippen LogP contribution in [0.2, 0.25) is 0 Å². The number of likely N-dealkylation sites (tertiary alicyclic amines) is 1. The van der Waals surface area contributed by atoms with Gasteiger partial charge < -0.3 is 14.4 Å². The standard InChI is InChI=1S/C22H24FNO4/c1-16(25)27-15-19-13-24(22(26)28-14-17-5-3-2-4-6-17)12-11-21(19)18-7-9-20(23)10-8-18/h2-10,19,21H,11-15H2,1H3. The average Bonchev–Trinajstić information content (AvgIpc) is 2.71. The minimum absolute atomic E-state index is 0.0765. The molecule has 1 aliphatic rings. The minimum atomic E-state index is -0.380. The Bertz CT molecular complexity index is 794. The number of benzene rings is 2. The van der Waals surface area contributed by atoms with Crippen molar-refractivity contribution in [2.24, 2.45) is 5.92 Å². The monoisotopic (exact) mass is 385 g/mol. The summed E-state index contributed by atoms with van der Waals surface area (Å²) in [6, 6.07) is 15.9. The molecule has 2 atom stereocenters. The Morgan fingerprint density at radius 2 is 1.79 bits per heavy atom. The Morgan fingerprint density at radius 3 is 2.46 bits per heavy atom. The van der Waals surface area contributed by atoms with Gasteiger partial charge in [0.2, 0.25) is 0 Å². The molecule has 1 saturated heterocycles. The molecular weight excluding hydrogens is 361 g/mol. The third-order valence-corrected chi connectivity index (χ3v) is 5.00. The molecule has 2 aromatic rings. The average molecular weight is 385 g/mol. The first-order valence-electron chi connectivity index (χ1n) is 9.37. The second-order valence-corrected chi connectivity index (χ2v) is 7.00. The van der Waals surface area contributed by atoms with E-state index < -0.39 is 0 Å². The van der Waals surface area contributed by atoms with Crippen molar-refractivity contribution in [2.45, 2.75) is 25.9 Å². The molecular formula is C22H24FNO4. The number of carbonyl (C=O) groups is 2. The van der Waals surface area contributed by atoms with Gasteiger partial charge in [-0.25, -0.2) is 9.18 Å². The molecule has 1 amide bonds. The van der Waals surface area contributed by atoms with E-state index in [0.29, 0.717) is 19.5 Å². The lowest BCUT2D eigenvalue weighted by atomic mass is 9.81. The van der Waals surface area contributed by atoms with Crippen molar-refractivity contribution in [3.63, 3.8) is 0 Å². The summed E-state index contributed by atoms with van der Waals surface area (Å²) in [6.07, 6.45) is 0.312. The lowest BCUT2D eigenvalue weighted by Gasteiger charge is -2.38. The molecule has 0 bridgehead atoms. The van der Waals surface area contributed by atoms with Crippen LogP contribution >= 0.6 is 0 Å². The number of nitrogens with zero attached hydrogens (tertiary/aromatic N) is 1. The number of hydrogen-bond donors (Lipinski definition) is 0. The lowest BCUT2D eigenvalue weighted by Crippen LogP contribution is -2.44. The fourth-order valence-corrected chi connectivity index (χ4v) is 3.55. The molecule has 0 aromatic heterocycles. The first-order valence-corrected chi connectivity index (χ1v) is 9.37. The molecule has 1 heterocycles. The topological polar surface area (TPSA) is 55.8 Å². The van der Waals surface area contributed by atoms with Crippen molar-refractivity contribution >= 4 is 12.1 Å². The van der Waals surface area contributed by atoms with E-state index in [1.807, 2.05) is 30.3 Å². The highest BCUT2D eigenvalue weighted by molar-refractivity contribution is 5.68. The molecule has 0 radical (unpaired) electrons. The first-order chi connectivity index (χ1) is 13.5. The van der Waals surface area contributed by atoms with Crippen molar-refractivity contribution in [1.29, 1.82) is 0 Å². The zero-order valence-corrected chi connectivity index (χ0v) is 15.8. The van der Waals surface area contributed by atoms with E-state index in [2.05, 4.69) is 0 Å². The largest absolute Gasteiger partial charge is 0.465 e. The van der Waals surface area contributed by atoms with Crippen molar-refractivity contribution in [1.82, 2.24) is 4.90 Å². The fraction of sp³-hybridized carbons (Fsp3) is 0.364. The zero-order chi connectivity index (χ0) is 19.9. The van der Waals surface area contributed by atoms with Gasteiger partial charge in [0.15, 0.2) is 0 Å². The number of piperidine rings is 1. The van der Waals surface area contributed by atoms with Gasteiger partial charge in [0.05, 0.1) is 6.61 Å². The van der Waals surface area contributed by atoms with E-state index >= 15 is 0 Å². The van der Waals surface area contributed by atoms with E-state index in [9.17, 15) is 14.0 Å². The van der Waals surface area contributed by atoms with Crippen molar-refractivity contribution in [3.8, 4) is 0 Å². The Labute approximate surface area is 164 Å². The van der Waals surface area contributed by atoms with Crippen LogP contribution in [0.25, 0.3) is 0 Å². The highest BCUT2D eigenvalue weighted by atomic mass is 19.1. The van der Waals surface area contributed by atoms with Gasteiger partial charge in [0, 0.05) is 25.9 Å². The van der Waals surface area contributed by atoms with Gasteiger partial charge >= 0.3 is 12.1 Å². The summed E-state index contributed by atoms with van der Waals surface area (Å²) in [5.74, 6) is -0.644. The molecule has 2 aromatic carbocycles. The highest BCUT2D eigenvalue weighted by Crippen LogP contribution is 2.33. The Morgan fingerprint density at radius 1 is 1.07 bits per heavy atom. The van der Waals surface area contributed by atoms with Gasteiger partial charge in [-0.05, 0) is 35.6 Å². The van der Waals surface area contributed by atoms with Crippen LogP contribution in [0.15, 0.2) is 54.6 Å². The van der Waals surface area contributed by atoms with Gasteiger partial charge in [0.1, 0.15) is 12.4 Å². The zero-order valence-electron chi connectivity index (χ0n) is 15.8. The summed E-state index contributed by atoms with van der Waals surface area (Å²) >= 11 is 0. The van der Waals surface area contributed by atoms with Gasteiger partial charge in [-0.1, -0.05) is 42.5 Å². The van der Waals surface area contributed by atoms with Crippen molar-refractivity contribution in [3.05, 3.63) is 71.5 Å². The smallest absolute Gasteiger partial charge is 0.410 e. The number of rotatable bonds is 5. The van der Waals surface area contributed by atoms with Crippen LogP contribution in [0.3, 0.4) is 0 Å². The molecule has 5 nitrogen and oxygen atoms in total. The molecule has 3 rings (SSSR count). The molecule has 2 unspecified atom stereocenters. The van der Waals surface area contributed by atoms with Crippen molar-refractivity contribution < 1.29 is 23.5 Å². The van der Waals surface area contributed by atoms with E-state index in [0.717, 1.165) is 11.1 Å². The Balaban J connectivity index is 1.64. The molecule has 0 aliphatic carbocycles. The summed E-state index contributed by atoms with van der Waals surface area (Å²) in [7, 11) is 0. The molecule has 1 aliphatic heterocycles. The molecule has 0 spiro atoms. The summed E-state index contributed by atoms with van der Waals surface area (Å²) in [4.78, 5) is 25.4. The number of halogens is 1. The highest BCUT2D eigenvalue weighted by Gasteiger charge is 2.33. The van der Waals surface area contributed by atoms with Crippen LogP contribution in [0, 0.1) is 11.7 Å². The maximum absolute atomic E-state index is 13.3. The molecule has 1 fully saturated rings. The fourth-order valence-electron chi connectivity index (χ4n) is 3.55. The van der Waals surface area contributed by atoms with Crippen LogP contribution in [-0.2, 0) is 20.9 Å². The molecule has 6 heteroatoms. The van der Waals surface area contributed by atoms with E-state index in [1.54, 1.807) is 17.0 Å². The third-order valence-electron chi connectivity index (χ3n) is 5.00. The summed E-state index contributed by atoms with van der Waals surface area (Å²) in [5.41, 5.74) is 1.91. The van der Waals surface area contributed by atoms with E-state index in [1.165, 1.54) is 19.1 Å². The molecule has 0 N–H and O–H groups in total. The second kappa shape index (κ2) is 9.35. The van der Waals surface area contributed by atoms with E-state index in [-0.39, 0.29) is 42.9 Å². The van der Waals surface area contributed by atoms with Gasteiger partial charge in [-0.15, -0.1) is 0 Å². The van der Waals surface area contributed by atoms with Crippen LogP contribution in [0.4, 0.5) is 9.18 Å². The lowest BCUT2D eigenvalue weighted by molar-refractivity contribution is -0.143. The van der Waals surface area contributed by atoms with Crippen molar-refractivity contribution in [2.75, 3.05) is 19.7 Å². The number of hydrogen-bond acceptors (Lipinski definition) is 4. The number of carbonyl (C=O) groups excluding carboxylic acids is 2. The quantitative estimate of drug-likeness (QED) is 0.726. The maximum atomic E-state index is 13.3. The van der Waals surface area contributed by atoms with Crippen LogP contribution in [-0.4, -0.2) is 36.7 Å². The summed E-state index contributed by atoms with van der Waals surface area (Å²) < 4.78 is 23.9. The van der Waals surface area contributed by atoms with Gasteiger partial charge in [-0.2, -0.15) is 0 Å². The first kappa shape index (κ1) is 19.9. The number of esters is 1. The number of ether oxygens (including phenoxy) is 2. The van der Waals surface area contributed by atoms with Crippen LogP contribution in [0.5, 0.6) is 0 Å². The Hall–Kier alpha value is -2.89. The molecule has 28 heavy (non-hydrogen) atoms. The summed E-state index contributed by atoms with van der Waals surface area (Å²) in [5, 5.41) is 0. The van der Waals surface area contributed by atoms with Crippen LogP contribution < -0.4 is 0 Å². The molecule has 0 saturated carbocycles. The molecule has 148 valence electrons. The second-order valence-electron chi connectivity index (χ2n) is 7.00. The Kier molecular flexibility index (Phi) is 6.63. The van der Waals surface area contributed by atoms with Gasteiger partial charge in [0.25, 0.3) is 0 Å². The predicted molar refractivity (Wildman–Crippen MR) is 102 cm³/mol. The minimum Gasteiger partial charge on any atom is -0.465 e. The summed E-state index contributed by atoms with van der Waals surface area (Å²) in [6.45, 7) is 2.74.